The normalized spacial score (nSPS) is 11.7. The second-order valence-electron chi connectivity index (χ2n) is 5.69. The summed E-state index contributed by atoms with van der Waals surface area (Å²) in [4.78, 5) is 12.0. The van der Waals surface area contributed by atoms with Crippen molar-refractivity contribution in [3.8, 4) is 11.1 Å². The van der Waals surface area contributed by atoms with Gasteiger partial charge in [0.25, 0.3) is 5.91 Å². The molecule has 8 heteroatoms. The molecule has 1 aromatic heterocycles. The van der Waals surface area contributed by atoms with E-state index in [2.05, 4.69) is 0 Å². The Labute approximate surface area is 142 Å². The molecule has 0 aliphatic rings. The minimum Gasteiger partial charge on any atom is -0.350 e. The first-order chi connectivity index (χ1) is 11.7. The summed E-state index contributed by atoms with van der Waals surface area (Å²) in [5.74, 6) is -2.66. The second kappa shape index (κ2) is 5.96. The molecule has 0 bridgehead atoms. The van der Waals surface area contributed by atoms with Crippen LogP contribution in [-0.4, -0.2) is 25.1 Å². The maximum absolute atomic E-state index is 14.1. The van der Waals surface area contributed by atoms with Crippen molar-refractivity contribution in [1.29, 1.82) is 0 Å². The van der Waals surface area contributed by atoms with Crippen molar-refractivity contribution >= 4 is 26.8 Å². The predicted molar refractivity (Wildman–Crippen MR) is 90.6 cm³/mol. The van der Waals surface area contributed by atoms with Crippen LogP contribution >= 0.6 is 0 Å². The molecular weight excluding hydrogens is 350 g/mol. The standard InChI is InChI=1S/C17H14F2N2O3S/c1-21-9-13(12-4-3-5-14(18)16(12)19)11-7-6-10(8-15(11)21)17(22)20-25(2,23)24/h3-9H,1-2H3,(H,20,22). The van der Waals surface area contributed by atoms with Crippen molar-refractivity contribution in [1.82, 2.24) is 9.29 Å². The van der Waals surface area contributed by atoms with Gasteiger partial charge in [-0.25, -0.2) is 21.9 Å². The number of amides is 1. The Morgan fingerprint density at radius 3 is 2.52 bits per heavy atom. The van der Waals surface area contributed by atoms with E-state index in [9.17, 15) is 22.0 Å². The first-order valence-corrected chi connectivity index (χ1v) is 9.12. The van der Waals surface area contributed by atoms with Gasteiger partial charge < -0.3 is 4.57 Å². The van der Waals surface area contributed by atoms with E-state index in [-0.39, 0.29) is 11.1 Å². The third-order valence-electron chi connectivity index (χ3n) is 3.77. The molecule has 3 aromatic rings. The Kier molecular flexibility index (Phi) is 4.08. The molecule has 1 amide bonds. The SMILES string of the molecule is Cn1cc(-c2cccc(F)c2F)c2ccc(C(=O)NS(C)(=O)=O)cc21. The van der Waals surface area contributed by atoms with Crippen molar-refractivity contribution in [3.63, 3.8) is 0 Å². The summed E-state index contributed by atoms with van der Waals surface area (Å²) in [7, 11) is -1.98. The number of carbonyl (C=O) groups excluding carboxylic acids is 1. The highest BCUT2D eigenvalue weighted by molar-refractivity contribution is 7.89. The van der Waals surface area contributed by atoms with Crippen LogP contribution in [-0.2, 0) is 17.1 Å². The molecule has 25 heavy (non-hydrogen) atoms. The lowest BCUT2D eigenvalue weighted by Crippen LogP contribution is -2.29. The smallest absolute Gasteiger partial charge is 0.264 e. The van der Waals surface area contributed by atoms with E-state index in [1.807, 2.05) is 4.72 Å². The zero-order valence-corrected chi connectivity index (χ0v) is 14.2. The Balaban J connectivity index is 2.14. The number of benzene rings is 2. The van der Waals surface area contributed by atoms with Crippen molar-refractivity contribution < 1.29 is 22.0 Å². The van der Waals surface area contributed by atoms with Crippen LogP contribution in [0.5, 0.6) is 0 Å². The Hall–Kier alpha value is -2.74. The molecule has 2 aromatic carbocycles. The summed E-state index contributed by atoms with van der Waals surface area (Å²) >= 11 is 0. The van der Waals surface area contributed by atoms with Gasteiger partial charge in [-0.15, -0.1) is 0 Å². The molecule has 1 heterocycles. The third kappa shape index (κ3) is 3.25. The fourth-order valence-electron chi connectivity index (χ4n) is 2.68. The molecule has 1 N–H and O–H groups in total. The Bertz CT molecular complexity index is 1100. The van der Waals surface area contributed by atoms with Crippen LogP contribution in [0.4, 0.5) is 8.78 Å². The number of sulfonamides is 1. The van der Waals surface area contributed by atoms with Gasteiger partial charge in [-0.05, 0) is 18.2 Å². The molecule has 5 nitrogen and oxygen atoms in total. The number of hydrogen-bond acceptors (Lipinski definition) is 3. The molecule has 0 fully saturated rings. The van der Waals surface area contributed by atoms with E-state index in [1.54, 1.807) is 23.9 Å². The van der Waals surface area contributed by atoms with E-state index in [1.165, 1.54) is 24.3 Å². The molecule has 0 unspecified atom stereocenters. The summed E-state index contributed by atoms with van der Waals surface area (Å²) in [5.41, 5.74) is 1.31. The van der Waals surface area contributed by atoms with Gasteiger partial charge in [0.05, 0.1) is 6.26 Å². The topological polar surface area (TPSA) is 68.2 Å². The lowest BCUT2D eigenvalue weighted by Gasteiger charge is -2.05. The fraction of sp³-hybridized carbons (Fsp3) is 0.118. The molecular formula is C17H14F2N2O3S. The van der Waals surface area contributed by atoms with Gasteiger partial charge in [-0.1, -0.05) is 18.2 Å². The van der Waals surface area contributed by atoms with E-state index in [0.717, 1.165) is 12.3 Å². The highest BCUT2D eigenvalue weighted by Crippen LogP contribution is 2.33. The van der Waals surface area contributed by atoms with Crippen molar-refractivity contribution in [2.45, 2.75) is 0 Å². The number of nitrogens with one attached hydrogen (secondary N) is 1. The summed E-state index contributed by atoms with van der Waals surface area (Å²) in [6.45, 7) is 0. The molecule has 0 saturated heterocycles. The fourth-order valence-corrected chi connectivity index (χ4v) is 3.13. The predicted octanol–water partition coefficient (Wildman–Crippen LogP) is 2.81. The molecule has 0 radical (unpaired) electrons. The molecule has 0 aliphatic heterocycles. The first kappa shape index (κ1) is 17.1. The second-order valence-corrected chi connectivity index (χ2v) is 7.44. The van der Waals surface area contributed by atoms with Crippen molar-refractivity contribution in [2.24, 2.45) is 7.05 Å². The van der Waals surface area contributed by atoms with Crippen molar-refractivity contribution in [2.75, 3.05) is 6.26 Å². The van der Waals surface area contributed by atoms with E-state index in [0.29, 0.717) is 16.5 Å². The van der Waals surface area contributed by atoms with E-state index < -0.39 is 27.6 Å². The first-order valence-electron chi connectivity index (χ1n) is 7.23. The lowest BCUT2D eigenvalue weighted by molar-refractivity contribution is 0.0982. The van der Waals surface area contributed by atoms with Gasteiger partial charge >= 0.3 is 0 Å². The lowest BCUT2D eigenvalue weighted by atomic mass is 10.0. The van der Waals surface area contributed by atoms with E-state index in [4.69, 9.17) is 0 Å². The third-order valence-corrected chi connectivity index (χ3v) is 4.33. The molecule has 0 atom stereocenters. The van der Waals surface area contributed by atoms with Gasteiger partial charge in [-0.2, -0.15) is 0 Å². The van der Waals surface area contributed by atoms with Crippen molar-refractivity contribution in [3.05, 3.63) is 59.8 Å². The van der Waals surface area contributed by atoms with Gasteiger partial charge in [0.15, 0.2) is 11.6 Å². The number of rotatable bonds is 3. The van der Waals surface area contributed by atoms with Gasteiger partial charge in [0.1, 0.15) is 0 Å². The average Bonchev–Trinajstić information content (AvgIpc) is 2.85. The number of aromatic nitrogens is 1. The largest absolute Gasteiger partial charge is 0.350 e. The average molecular weight is 364 g/mol. The molecule has 0 spiro atoms. The number of fused-ring (bicyclic) bond motifs is 1. The zero-order chi connectivity index (χ0) is 18.4. The van der Waals surface area contributed by atoms with Crippen LogP contribution in [0.1, 0.15) is 10.4 Å². The van der Waals surface area contributed by atoms with Crippen LogP contribution in [0.15, 0.2) is 42.6 Å². The Morgan fingerprint density at radius 1 is 1.12 bits per heavy atom. The number of carbonyl (C=O) groups is 1. The number of halogens is 2. The minimum absolute atomic E-state index is 0.110. The zero-order valence-electron chi connectivity index (χ0n) is 13.4. The number of hydrogen-bond donors (Lipinski definition) is 1. The maximum atomic E-state index is 14.1. The Morgan fingerprint density at radius 2 is 1.84 bits per heavy atom. The minimum atomic E-state index is -3.68. The van der Waals surface area contributed by atoms with Gasteiger partial charge in [-0.3, -0.25) is 4.79 Å². The quantitative estimate of drug-likeness (QED) is 0.777. The van der Waals surface area contributed by atoms with Crippen LogP contribution in [0.2, 0.25) is 0 Å². The van der Waals surface area contributed by atoms with Crippen LogP contribution in [0.3, 0.4) is 0 Å². The molecule has 0 aliphatic carbocycles. The summed E-state index contributed by atoms with van der Waals surface area (Å²) in [6, 6.07) is 8.43. The van der Waals surface area contributed by atoms with Crippen LogP contribution in [0, 0.1) is 11.6 Å². The number of aryl methyl sites for hydroxylation is 1. The highest BCUT2D eigenvalue weighted by Gasteiger charge is 2.17. The maximum Gasteiger partial charge on any atom is 0.264 e. The van der Waals surface area contributed by atoms with Crippen LogP contribution < -0.4 is 4.72 Å². The summed E-state index contributed by atoms with van der Waals surface area (Å²) in [5, 5.41) is 0.614. The molecule has 130 valence electrons. The summed E-state index contributed by atoms with van der Waals surface area (Å²) < 4.78 is 53.5. The number of nitrogens with zero attached hydrogens (tertiary/aromatic N) is 1. The molecule has 0 saturated carbocycles. The van der Waals surface area contributed by atoms with E-state index >= 15 is 0 Å². The van der Waals surface area contributed by atoms with Gasteiger partial charge in [0, 0.05) is 40.8 Å². The molecule has 3 rings (SSSR count). The van der Waals surface area contributed by atoms with Gasteiger partial charge in [0.2, 0.25) is 10.0 Å². The summed E-state index contributed by atoms with van der Waals surface area (Å²) in [6.07, 6.45) is 2.51. The highest BCUT2D eigenvalue weighted by atomic mass is 32.2. The van der Waals surface area contributed by atoms with Crippen LogP contribution in [0.25, 0.3) is 22.0 Å². The monoisotopic (exact) mass is 364 g/mol.